The third kappa shape index (κ3) is 3.89. The van der Waals surface area contributed by atoms with Gasteiger partial charge in [-0.15, -0.1) is 11.8 Å². The van der Waals surface area contributed by atoms with E-state index in [-0.39, 0.29) is 12.5 Å². The highest BCUT2D eigenvalue weighted by molar-refractivity contribution is 7.99. The van der Waals surface area contributed by atoms with E-state index < -0.39 is 0 Å². The number of anilines is 1. The molecule has 0 fully saturated rings. The van der Waals surface area contributed by atoms with Gasteiger partial charge < -0.3 is 15.8 Å². The van der Waals surface area contributed by atoms with E-state index in [1.54, 1.807) is 11.8 Å². The second-order valence-corrected chi connectivity index (χ2v) is 5.15. The van der Waals surface area contributed by atoms with Crippen LogP contribution in [0.5, 0.6) is 0 Å². The van der Waals surface area contributed by atoms with Crippen molar-refractivity contribution < 1.29 is 9.53 Å². The molecule has 6 heteroatoms. The summed E-state index contributed by atoms with van der Waals surface area (Å²) < 4.78 is 4.58. The lowest BCUT2D eigenvalue weighted by molar-refractivity contribution is -0.138. The van der Waals surface area contributed by atoms with E-state index in [0.717, 1.165) is 21.9 Å². The molecular formula is C12H16N2O2S2. The minimum atomic E-state index is -0.336. The third-order valence-electron chi connectivity index (χ3n) is 2.22. The van der Waals surface area contributed by atoms with Crippen LogP contribution in [0.2, 0.25) is 0 Å². The summed E-state index contributed by atoms with van der Waals surface area (Å²) in [5.74, 6) is 0.591. The monoisotopic (exact) mass is 284 g/mol. The number of methoxy groups -OCH3 is 1. The van der Waals surface area contributed by atoms with Crippen LogP contribution < -0.4 is 11.1 Å². The van der Waals surface area contributed by atoms with Crippen molar-refractivity contribution in [3.8, 4) is 0 Å². The van der Waals surface area contributed by atoms with Gasteiger partial charge in [-0.3, -0.25) is 4.79 Å². The number of nitrogens with one attached hydrogen (secondary N) is 1. The van der Waals surface area contributed by atoms with E-state index in [0.29, 0.717) is 4.99 Å². The first-order valence-corrected chi connectivity index (χ1v) is 6.85. The number of rotatable bonds is 6. The van der Waals surface area contributed by atoms with Gasteiger partial charge in [0.25, 0.3) is 0 Å². The van der Waals surface area contributed by atoms with Gasteiger partial charge in [-0.2, -0.15) is 0 Å². The molecule has 0 heterocycles. The summed E-state index contributed by atoms with van der Waals surface area (Å²) in [6, 6.07) is 5.71. The molecule has 0 bridgehead atoms. The minimum Gasteiger partial charge on any atom is -0.468 e. The first kappa shape index (κ1) is 14.8. The Morgan fingerprint density at radius 1 is 1.56 bits per heavy atom. The van der Waals surface area contributed by atoms with Crippen molar-refractivity contribution in [1.29, 1.82) is 0 Å². The van der Waals surface area contributed by atoms with Gasteiger partial charge in [0.05, 0.1) is 7.11 Å². The summed E-state index contributed by atoms with van der Waals surface area (Å²) in [4.78, 5) is 12.5. The number of nitrogens with two attached hydrogens (primary N) is 1. The predicted molar refractivity (Wildman–Crippen MR) is 79.2 cm³/mol. The van der Waals surface area contributed by atoms with Crippen molar-refractivity contribution in [3.63, 3.8) is 0 Å². The van der Waals surface area contributed by atoms with Gasteiger partial charge in [0.1, 0.15) is 11.5 Å². The fraction of sp³-hybridized carbons (Fsp3) is 0.333. The second kappa shape index (κ2) is 7.23. The van der Waals surface area contributed by atoms with Crippen LogP contribution in [0.1, 0.15) is 12.5 Å². The van der Waals surface area contributed by atoms with Crippen molar-refractivity contribution in [2.75, 3.05) is 24.7 Å². The van der Waals surface area contributed by atoms with Crippen LogP contribution in [0.4, 0.5) is 5.69 Å². The van der Waals surface area contributed by atoms with Crippen LogP contribution in [0.15, 0.2) is 23.1 Å². The Hall–Kier alpha value is -1.27. The number of hydrogen-bond acceptors (Lipinski definition) is 5. The van der Waals surface area contributed by atoms with Gasteiger partial charge in [0.2, 0.25) is 0 Å². The topological polar surface area (TPSA) is 64.3 Å². The summed E-state index contributed by atoms with van der Waals surface area (Å²) in [6.45, 7) is 2.15. The molecule has 1 aromatic carbocycles. The highest BCUT2D eigenvalue weighted by atomic mass is 32.2. The Labute approximate surface area is 116 Å². The molecule has 0 atom stereocenters. The largest absolute Gasteiger partial charge is 0.468 e. The SMILES string of the molecule is CCSc1cccc(NCC(=O)OC)c1C(N)=S. The van der Waals surface area contributed by atoms with Crippen LogP contribution >= 0.6 is 24.0 Å². The number of thiocarbonyl (C=S) groups is 1. The van der Waals surface area contributed by atoms with Crippen LogP contribution in [-0.2, 0) is 9.53 Å². The van der Waals surface area contributed by atoms with E-state index in [9.17, 15) is 4.79 Å². The molecule has 0 aromatic heterocycles. The lowest BCUT2D eigenvalue weighted by atomic mass is 10.1. The van der Waals surface area contributed by atoms with E-state index >= 15 is 0 Å². The zero-order valence-corrected chi connectivity index (χ0v) is 12.0. The van der Waals surface area contributed by atoms with Crippen molar-refractivity contribution in [2.45, 2.75) is 11.8 Å². The second-order valence-electron chi connectivity index (χ2n) is 3.41. The Morgan fingerprint density at radius 3 is 2.83 bits per heavy atom. The first-order valence-electron chi connectivity index (χ1n) is 5.46. The first-order chi connectivity index (χ1) is 8.60. The van der Waals surface area contributed by atoms with Gasteiger partial charge in [0, 0.05) is 16.1 Å². The molecule has 18 heavy (non-hydrogen) atoms. The van der Waals surface area contributed by atoms with E-state index in [2.05, 4.69) is 17.0 Å². The summed E-state index contributed by atoms with van der Waals surface area (Å²) in [5.41, 5.74) is 7.28. The summed E-state index contributed by atoms with van der Waals surface area (Å²) in [5, 5.41) is 2.99. The fourth-order valence-electron chi connectivity index (χ4n) is 1.45. The standard InChI is InChI=1S/C12H16N2O2S2/c1-3-18-9-6-4-5-8(11(9)12(13)17)14-7-10(15)16-2/h4-6,14H,3,7H2,1-2H3,(H2,13,17). The highest BCUT2D eigenvalue weighted by Crippen LogP contribution is 2.28. The highest BCUT2D eigenvalue weighted by Gasteiger charge is 2.12. The lowest BCUT2D eigenvalue weighted by Crippen LogP contribution is -2.19. The molecule has 0 radical (unpaired) electrons. The fourth-order valence-corrected chi connectivity index (χ4v) is 2.58. The Bertz CT molecular complexity index is 450. The molecule has 0 aliphatic heterocycles. The average Bonchev–Trinajstić information content (AvgIpc) is 2.36. The molecule has 98 valence electrons. The predicted octanol–water partition coefficient (Wildman–Crippen LogP) is 2.02. The van der Waals surface area contributed by atoms with Crippen molar-refractivity contribution in [1.82, 2.24) is 0 Å². The quantitative estimate of drug-likeness (QED) is 0.473. The normalized spacial score (nSPS) is 9.89. The molecule has 0 amide bonds. The Morgan fingerprint density at radius 2 is 2.28 bits per heavy atom. The molecule has 4 nitrogen and oxygen atoms in total. The van der Waals surface area contributed by atoms with Crippen LogP contribution in [-0.4, -0.2) is 30.4 Å². The van der Waals surface area contributed by atoms with Crippen molar-refractivity contribution in [2.24, 2.45) is 5.73 Å². The number of esters is 1. The van der Waals surface area contributed by atoms with Gasteiger partial charge in [-0.1, -0.05) is 25.2 Å². The maximum Gasteiger partial charge on any atom is 0.325 e. The number of thioether (sulfide) groups is 1. The summed E-state index contributed by atoms with van der Waals surface area (Å²) >= 11 is 6.73. The maximum atomic E-state index is 11.1. The molecular weight excluding hydrogens is 268 g/mol. The molecule has 0 saturated heterocycles. The number of carbonyl (C=O) groups excluding carboxylic acids is 1. The maximum absolute atomic E-state index is 11.1. The molecule has 1 aromatic rings. The average molecular weight is 284 g/mol. The Kier molecular flexibility index (Phi) is 5.94. The molecule has 0 unspecified atom stereocenters. The van der Waals surface area contributed by atoms with Gasteiger partial charge in [-0.05, 0) is 17.9 Å². The number of hydrogen-bond donors (Lipinski definition) is 2. The number of carbonyl (C=O) groups is 1. The Balaban J connectivity index is 2.99. The van der Waals surface area contributed by atoms with E-state index in [4.69, 9.17) is 18.0 Å². The third-order valence-corrected chi connectivity index (χ3v) is 3.37. The van der Waals surface area contributed by atoms with E-state index in [1.807, 2.05) is 18.2 Å². The van der Waals surface area contributed by atoms with Gasteiger partial charge in [0.15, 0.2) is 0 Å². The molecule has 0 saturated carbocycles. The molecule has 0 spiro atoms. The van der Waals surface area contributed by atoms with Crippen molar-refractivity contribution in [3.05, 3.63) is 23.8 Å². The molecule has 0 aliphatic carbocycles. The van der Waals surface area contributed by atoms with Gasteiger partial charge in [-0.25, -0.2) is 0 Å². The summed E-state index contributed by atoms with van der Waals surface area (Å²) in [7, 11) is 1.35. The van der Waals surface area contributed by atoms with Crippen molar-refractivity contribution >= 4 is 40.6 Å². The van der Waals surface area contributed by atoms with Crippen LogP contribution in [0.3, 0.4) is 0 Å². The van der Waals surface area contributed by atoms with Gasteiger partial charge >= 0.3 is 5.97 Å². The zero-order valence-electron chi connectivity index (χ0n) is 10.4. The molecule has 1 rings (SSSR count). The minimum absolute atomic E-state index is 0.0896. The zero-order chi connectivity index (χ0) is 13.5. The number of ether oxygens (including phenoxy) is 1. The smallest absolute Gasteiger partial charge is 0.325 e. The number of benzene rings is 1. The summed E-state index contributed by atoms with van der Waals surface area (Å²) in [6.07, 6.45) is 0. The molecule has 3 N–H and O–H groups in total. The van der Waals surface area contributed by atoms with Crippen LogP contribution in [0, 0.1) is 0 Å². The lowest BCUT2D eigenvalue weighted by Gasteiger charge is -2.14. The van der Waals surface area contributed by atoms with E-state index in [1.165, 1.54) is 7.11 Å². The van der Waals surface area contributed by atoms with Crippen LogP contribution in [0.25, 0.3) is 0 Å². The molecule has 0 aliphatic rings.